The van der Waals surface area contributed by atoms with Gasteiger partial charge >= 0.3 is 5.97 Å². The van der Waals surface area contributed by atoms with E-state index in [4.69, 9.17) is 40.2 Å². The summed E-state index contributed by atoms with van der Waals surface area (Å²) in [5, 5.41) is 47.3. The molecule has 0 atom stereocenters. The van der Waals surface area contributed by atoms with Gasteiger partial charge in [0.2, 0.25) is 0 Å². The van der Waals surface area contributed by atoms with Crippen molar-refractivity contribution in [3.63, 3.8) is 0 Å². The Hall–Kier alpha value is -1.71. The van der Waals surface area contributed by atoms with Crippen LogP contribution in [0.1, 0.15) is 97.8 Å². The molecule has 0 aliphatic heterocycles. The maximum absolute atomic E-state index is 10.3. The highest BCUT2D eigenvalue weighted by atomic mass is 16.4. The van der Waals surface area contributed by atoms with Gasteiger partial charge in [-0.25, -0.2) is 0 Å². The maximum Gasteiger partial charge on any atom is 0.303 e. The smallest absolute Gasteiger partial charge is 0.303 e. The minimum Gasteiger partial charge on any atom is -0.481 e. The van der Waals surface area contributed by atoms with Crippen LogP contribution in [0.2, 0.25) is 0 Å². The molecule has 0 aromatic rings. The van der Waals surface area contributed by atoms with E-state index in [-0.39, 0.29) is 13.2 Å². The first-order valence-electron chi connectivity index (χ1n) is 10.6. The summed E-state index contributed by atoms with van der Waals surface area (Å²) >= 11 is 0. The zero-order chi connectivity index (χ0) is 24.2. The number of aliphatic carboxylic acids is 3. The summed E-state index contributed by atoms with van der Waals surface area (Å²) in [7, 11) is 0. The summed E-state index contributed by atoms with van der Waals surface area (Å²) < 4.78 is 0. The summed E-state index contributed by atoms with van der Waals surface area (Å²) in [6.07, 6.45) is 13.4. The molecule has 0 heterocycles. The zero-order valence-electron chi connectivity index (χ0n) is 18.9. The monoisotopic (exact) mass is 440 g/mol. The lowest BCUT2D eigenvalue weighted by atomic mass is 10.1. The second-order valence-corrected chi connectivity index (χ2v) is 6.74. The van der Waals surface area contributed by atoms with Gasteiger partial charge in [-0.15, -0.1) is 0 Å². The van der Waals surface area contributed by atoms with Crippen molar-refractivity contribution in [3.8, 4) is 0 Å². The van der Waals surface area contributed by atoms with E-state index in [0.29, 0.717) is 6.42 Å². The van der Waals surface area contributed by atoms with Crippen LogP contribution in [0.4, 0.5) is 0 Å². The van der Waals surface area contributed by atoms with Crippen LogP contribution in [0.25, 0.3) is 0 Å². The third-order valence-electron chi connectivity index (χ3n) is 3.42. The van der Waals surface area contributed by atoms with Crippen LogP contribution in [0.15, 0.2) is 0 Å². The lowest BCUT2D eigenvalue weighted by molar-refractivity contribution is -0.137. The molecule has 0 rings (SSSR count). The van der Waals surface area contributed by atoms with Crippen molar-refractivity contribution in [2.45, 2.75) is 104 Å². The van der Waals surface area contributed by atoms with Crippen LogP contribution < -0.4 is 0 Å². The van der Waals surface area contributed by atoms with Crippen molar-refractivity contribution >= 4 is 17.9 Å². The van der Waals surface area contributed by atoms with Gasteiger partial charge in [-0.3, -0.25) is 14.4 Å². The average molecular weight is 441 g/mol. The predicted molar refractivity (Wildman–Crippen MR) is 116 cm³/mol. The third-order valence-corrected chi connectivity index (χ3v) is 3.42. The van der Waals surface area contributed by atoms with Crippen LogP contribution in [0, 0.1) is 0 Å². The number of rotatable bonds is 14. The molecule has 0 amide bonds. The summed E-state index contributed by atoms with van der Waals surface area (Å²) in [5.74, 6) is -2.32. The summed E-state index contributed by atoms with van der Waals surface area (Å²) in [5.41, 5.74) is 0. The Labute approximate surface area is 180 Å². The molecule has 182 valence electrons. The Morgan fingerprint density at radius 1 is 0.633 bits per heavy atom. The molecule has 0 bridgehead atoms. The Morgan fingerprint density at radius 2 is 0.900 bits per heavy atom. The fourth-order valence-corrected chi connectivity index (χ4v) is 2.00. The minimum absolute atomic E-state index is 0.344. The van der Waals surface area contributed by atoms with E-state index in [1.807, 2.05) is 0 Å². The first kappa shape index (κ1) is 35.7. The molecule has 9 heteroatoms. The average Bonchev–Trinajstić information content (AvgIpc) is 2.65. The summed E-state index contributed by atoms with van der Waals surface area (Å²) in [6, 6.07) is 0. The lowest BCUT2D eigenvalue weighted by Crippen LogP contribution is -2.15. The van der Waals surface area contributed by atoms with Gasteiger partial charge in [-0.05, 0) is 6.42 Å². The number of unbranched alkanes of at least 4 members (excludes halogenated alkanes) is 10. The number of aliphatic hydroxyl groups excluding tert-OH is 3. The number of carboxylic acid groups (broad SMARTS) is 3. The lowest BCUT2D eigenvalue weighted by Gasteiger charge is -2.01. The largest absolute Gasteiger partial charge is 0.481 e. The van der Waals surface area contributed by atoms with Crippen molar-refractivity contribution < 1.29 is 45.0 Å². The molecule has 30 heavy (non-hydrogen) atoms. The van der Waals surface area contributed by atoms with Gasteiger partial charge in [0.15, 0.2) is 0 Å². The molecule has 0 fully saturated rings. The minimum atomic E-state index is -0.954. The van der Waals surface area contributed by atoms with Gasteiger partial charge in [0.1, 0.15) is 6.10 Å². The van der Waals surface area contributed by atoms with Crippen LogP contribution >= 0.6 is 0 Å². The molecule has 0 aliphatic rings. The standard InChI is InChI=1S/C14H28O2.C3H8O3.2C2H4O2/c1-2-3-4-5-6-7-8-9-10-11-12-13-14(15)16;4-1-3(6)2-5;2*1-2(3)4/h2-13H2,1H3,(H,15,16);3-6H,1-2H2;2*1H3,(H,3,4). The van der Waals surface area contributed by atoms with Crippen LogP contribution in [-0.2, 0) is 14.4 Å². The number of hydrogen-bond acceptors (Lipinski definition) is 6. The van der Waals surface area contributed by atoms with E-state index in [2.05, 4.69) is 6.92 Å². The highest BCUT2D eigenvalue weighted by molar-refractivity contribution is 5.66. The molecule has 0 aromatic carbocycles. The van der Waals surface area contributed by atoms with Crippen LogP contribution in [-0.4, -0.2) is 67.9 Å². The van der Waals surface area contributed by atoms with Gasteiger partial charge in [-0.1, -0.05) is 71.1 Å². The molecular weight excluding hydrogens is 396 g/mol. The van der Waals surface area contributed by atoms with Crippen molar-refractivity contribution in [2.75, 3.05) is 13.2 Å². The highest BCUT2D eigenvalue weighted by Gasteiger charge is 1.96. The molecule has 0 unspecified atom stereocenters. The van der Waals surface area contributed by atoms with Crippen LogP contribution in [0.3, 0.4) is 0 Å². The number of hydrogen-bond donors (Lipinski definition) is 6. The molecule has 0 saturated heterocycles. The van der Waals surface area contributed by atoms with E-state index < -0.39 is 24.0 Å². The number of aliphatic hydroxyl groups is 3. The Bertz CT molecular complexity index is 349. The maximum atomic E-state index is 10.3. The summed E-state index contributed by atoms with van der Waals surface area (Å²) in [6.45, 7) is 3.68. The summed E-state index contributed by atoms with van der Waals surface area (Å²) in [4.78, 5) is 28.3. The van der Waals surface area contributed by atoms with Gasteiger partial charge < -0.3 is 30.6 Å². The fraction of sp³-hybridized carbons (Fsp3) is 0.857. The highest BCUT2D eigenvalue weighted by Crippen LogP contribution is 2.11. The fourth-order valence-electron chi connectivity index (χ4n) is 2.00. The Balaban J connectivity index is -0.000000196. The van der Waals surface area contributed by atoms with Gasteiger partial charge in [0.05, 0.1) is 13.2 Å². The molecule has 0 radical (unpaired) electrons. The van der Waals surface area contributed by atoms with Gasteiger partial charge in [0.25, 0.3) is 11.9 Å². The quantitative estimate of drug-likeness (QED) is 0.222. The van der Waals surface area contributed by atoms with E-state index in [1.54, 1.807) is 0 Å². The molecule has 6 N–H and O–H groups in total. The van der Waals surface area contributed by atoms with E-state index in [0.717, 1.165) is 26.7 Å². The Kier molecular flexibility index (Phi) is 38.1. The zero-order valence-corrected chi connectivity index (χ0v) is 18.9. The van der Waals surface area contributed by atoms with E-state index in [1.165, 1.54) is 57.8 Å². The second-order valence-electron chi connectivity index (χ2n) is 6.74. The topological polar surface area (TPSA) is 173 Å². The van der Waals surface area contributed by atoms with Gasteiger partial charge in [-0.2, -0.15) is 0 Å². The first-order valence-corrected chi connectivity index (χ1v) is 10.6. The van der Waals surface area contributed by atoms with Crippen LogP contribution in [0.5, 0.6) is 0 Å². The molecular formula is C21H44O9. The van der Waals surface area contributed by atoms with Crippen molar-refractivity contribution in [1.82, 2.24) is 0 Å². The molecule has 0 aromatic heterocycles. The third kappa shape index (κ3) is 71.9. The van der Waals surface area contributed by atoms with Gasteiger partial charge in [0, 0.05) is 20.3 Å². The normalized spacial score (nSPS) is 9.30. The molecule has 0 saturated carbocycles. The molecule has 0 aliphatic carbocycles. The van der Waals surface area contributed by atoms with Crippen molar-refractivity contribution in [2.24, 2.45) is 0 Å². The second kappa shape index (κ2) is 32.0. The number of carboxylic acids is 3. The first-order chi connectivity index (χ1) is 14.0. The number of carbonyl (C=O) groups is 3. The van der Waals surface area contributed by atoms with Crippen molar-refractivity contribution in [1.29, 1.82) is 0 Å². The van der Waals surface area contributed by atoms with E-state index >= 15 is 0 Å². The Morgan fingerprint density at radius 3 is 1.10 bits per heavy atom. The SMILES string of the molecule is CC(=O)O.CC(=O)O.CCCCCCCCCCCCCC(=O)O.OCC(O)CO. The van der Waals surface area contributed by atoms with E-state index in [9.17, 15) is 4.79 Å². The predicted octanol–water partition coefficient (Wildman–Crippen LogP) is 3.29. The molecule has 0 spiro atoms. The molecule has 9 nitrogen and oxygen atoms in total. The van der Waals surface area contributed by atoms with Crippen molar-refractivity contribution in [3.05, 3.63) is 0 Å².